The molecule has 2 unspecified atom stereocenters. The van der Waals surface area contributed by atoms with Crippen LogP contribution in [0.3, 0.4) is 0 Å². The van der Waals surface area contributed by atoms with Crippen LogP contribution in [0.15, 0.2) is 16.8 Å². The highest BCUT2D eigenvalue weighted by Crippen LogP contribution is 2.26. The van der Waals surface area contributed by atoms with E-state index in [1.165, 1.54) is 31.2 Å². The highest BCUT2D eigenvalue weighted by atomic mass is 32.1. The Morgan fingerprint density at radius 1 is 1.53 bits per heavy atom. The molecule has 3 heteroatoms. The molecular formula is C14H23NOS. The molecule has 1 saturated heterocycles. The zero-order chi connectivity index (χ0) is 11.9. The van der Waals surface area contributed by atoms with Gasteiger partial charge in [0, 0.05) is 12.6 Å². The fraction of sp³-hybridized carbons (Fsp3) is 0.714. The zero-order valence-corrected chi connectivity index (χ0v) is 11.5. The summed E-state index contributed by atoms with van der Waals surface area (Å²) in [6, 6.07) is 2.71. The van der Waals surface area contributed by atoms with Gasteiger partial charge in [-0.1, -0.05) is 6.92 Å². The molecule has 1 aromatic rings. The Balaban J connectivity index is 1.90. The quantitative estimate of drug-likeness (QED) is 0.833. The number of nitrogens with one attached hydrogen (secondary N) is 1. The Morgan fingerprint density at radius 3 is 3.12 bits per heavy atom. The molecule has 0 aromatic carbocycles. The van der Waals surface area contributed by atoms with E-state index in [4.69, 9.17) is 4.74 Å². The number of ether oxygens (including phenoxy) is 1. The van der Waals surface area contributed by atoms with Crippen molar-refractivity contribution in [3.63, 3.8) is 0 Å². The minimum Gasteiger partial charge on any atom is -0.378 e. The number of hydrogen-bond acceptors (Lipinski definition) is 3. The van der Waals surface area contributed by atoms with Crippen molar-refractivity contribution >= 4 is 11.3 Å². The highest BCUT2D eigenvalue weighted by Gasteiger charge is 2.20. The third-order valence-electron chi connectivity index (χ3n) is 3.36. The van der Waals surface area contributed by atoms with E-state index in [1.54, 1.807) is 11.3 Å². The second-order valence-electron chi connectivity index (χ2n) is 4.79. The number of thiophene rings is 1. The maximum Gasteiger partial charge on any atom is 0.0593 e. The average Bonchev–Trinajstić information content (AvgIpc) is 2.89. The molecule has 96 valence electrons. The predicted molar refractivity (Wildman–Crippen MR) is 73.6 cm³/mol. The fourth-order valence-corrected chi connectivity index (χ4v) is 3.10. The van der Waals surface area contributed by atoms with Gasteiger partial charge in [-0.2, -0.15) is 11.3 Å². The van der Waals surface area contributed by atoms with E-state index in [-0.39, 0.29) is 0 Å². The van der Waals surface area contributed by atoms with Crippen LogP contribution in [0.1, 0.15) is 50.6 Å². The minimum atomic E-state index is 0.456. The van der Waals surface area contributed by atoms with Gasteiger partial charge in [0.1, 0.15) is 0 Å². The summed E-state index contributed by atoms with van der Waals surface area (Å²) in [5, 5.41) is 8.07. The summed E-state index contributed by atoms with van der Waals surface area (Å²) < 4.78 is 5.85. The molecule has 1 N–H and O–H groups in total. The van der Waals surface area contributed by atoms with Crippen molar-refractivity contribution in [1.29, 1.82) is 0 Å². The molecule has 1 aromatic heterocycles. The average molecular weight is 253 g/mol. The molecule has 0 aliphatic carbocycles. The van der Waals surface area contributed by atoms with Gasteiger partial charge in [-0.15, -0.1) is 0 Å². The zero-order valence-electron chi connectivity index (χ0n) is 10.7. The van der Waals surface area contributed by atoms with Crippen molar-refractivity contribution in [3.8, 4) is 0 Å². The first-order chi connectivity index (χ1) is 8.40. The second-order valence-corrected chi connectivity index (χ2v) is 5.57. The summed E-state index contributed by atoms with van der Waals surface area (Å²) in [5.74, 6) is 0. The summed E-state index contributed by atoms with van der Waals surface area (Å²) in [5.41, 5.74) is 1.43. The summed E-state index contributed by atoms with van der Waals surface area (Å²) >= 11 is 1.78. The van der Waals surface area contributed by atoms with Crippen LogP contribution >= 0.6 is 11.3 Å². The van der Waals surface area contributed by atoms with Crippen molar-refractivity contribution in [2.75, 3.05) is 13.2 Å². The van der Waals surface area contributed by atoms with Gasteiger partial charge in [0.05, 0.1) is 6.10 Å². The Bertz CT molecular complexity index is 293. The van der Waals surface area contributed by atoms with Gasteiger partial charge in [-0.25, -0.2) is 0 Å². The first kappa shape index (κ1) is 13.1. The van der Waals surface area contributed by atoms with Gasteiger partial charge in [0.15, 0.2) is 0 Å². The van der Waals surface area contributed by atoms with Crippen LogP contribution in [-0.4, -0.2) is 19.3 Å². The van der Waals surface area contributed by atoms with Gasteiger partial charge in [0.25, 0.3) is 0 Å². The Morgan fingerprint density at radius 2 is 2.47 bits per heavy atom. The smallest absolute Gasteiger partial charge is 0.0593 e. The van der Waals surface area contributed by atoms with Gasteiger partial charge >= 0.3 is 0 Å². The molecule has 2 atom stereocenters. The molecule has 0 saturated carbocycles. The third kappa shape index (κ3) is 4.09. The lowest BCUT2D eigenvalue weighted by Gasteiger charge is -2.27. The molecular weight excluding hydrogens is 230 g/mol. The first-order valence-electron chi connectivity index (χ1n) is 6.77. The van der Waals surface area contributed by atoms with Crippen LogP contribution in [0.5, 0.6) is 0 Å². The van der Waals surface area contributed by atoms with Gasteiger partial charge < -0.3 is 10.1 Å². The SMILES string of the molecule is CCCNC(CC1CCCCO1)c1ccsc1. The summed E-state index contributed by atoms with van der Waals surface area (Å²) in [6.45, 7) is 4.26. The van der Waals surface area contributed by atoms with E-state index in [0.717, 1.165) is 19.6 Å². The molecule has 0 amide bonds. The molecule has 1 aliphatic heterocycles. The van der Waals surface area contributed by atoms with Gasteiger partial charge in [0.2, 0.25) is 0 Å². The number of hydrogen-bond donors (Lipinski definition) is 1. The maximum absolute atomic E-state index is 5.85. The van der Waals surface area contributed by atoms with E-state index >= 15 is 0 Å². The standard InChI is InChI=1S/C14H23NOS/c1-2-7-15-14(12-6-9-17-11-12)10-13-5-3-4-8-16-13/h6,9,11,13-15H,2-5,7-8,10H2,1H3. The molecule has 17 heavy (non-hydrogen) atoms. The highest BCUT2D eigenvalue weighted by molar-refractivity contribution is 7.07. The van der Waals surface area contributed by atoms with E-state index in [1.807, 2.05) is 0 Å². The molecule has 0 spiro atoms. The van der Waals surface area contributed by atoms with Crippen LogP contribution in [0.2, 0.25) is 0 Å². The summed E-state index contributed by atoms with van der Waals surface area (Å²) in [4.78, 5) is 0. The van der Waals surface area contributed by atoms with E-state index in [2.05, 4.69) is 29.1 Å². The largest absolute Gasteiger partial charge is 0.378 e. The first-order valence-corrected chi connectivity index (χ1v) is 7.71. The molecule has 0 bridgehead atoms. The van der Waals surface area contributed by atoms with Crippen molar-refractivity contribution in [1.82, 2.24) is 5.32 Å². The van der Waals surface area contributed by atoms with Crippen LogP contribution in [0.4, 0.5) is 0 Å². The number of rotatable bonds is 6. The Kier molecular flexibility index (Phi) is 5.49. The molecule has 1 fully saturated rings. The Hall–Kier alpha value is -0.380. The Labute approximate surface area is 108 Å². The molecule has 2 heterocycles. The molecule has 2 nitrogen and oxygen atoms in total. The second kappa shape index (κ2) is 7.14. The summed E-state index contributed by atoms with van der Waals surface area (Å²) in [7, 11) is 0. The topological polar surface area (TPSA) is 21.3 Å². The van der Waals surface area contributed by atoms with E-state index < -0.39 is 0 Å². The van der Waals surface area contributed by atoms with Crippen LogP contribution < -0.4 is 5.32 Å². The lowest BCUT2D eigenvalue weighted by molar-refractivity contribution is 0.00507. The normalized spacial score (nSPS) is 22.5. The van der Waals surface area contributed by atoms with Crippen LogP contribution in [0.25, 0.3) is 0 Å². The monoisotopic (exact) mass is 253 g/mol. The molecule has 2 rings (SSSR count). The molecule has 1 aliphatic rings. The predicted octanol–water partition coefficient (Wildman–Crippen LogP) is 3.75. The minimum absolute atomic E-state index is 0.456. The van der Waals surface area contributed by atoms with Crippen molar-refractivity contribution in [2.45, 2.75) is 51.2 Å². The lowest BCUT2D eigenvalue weighted by atomic mass is 9.98. The van der Waals surface area contributed by atoms with Gasteiger partial charge in [-0.3, -0.25) is 0 Å². The lowest BCUT2D eigenvalue weighted by Crippen LogP contribution is -2.29. The third-order valence-corrected chi connectivity index (χ3v) is 4.06. The fourth-order valence-electron chi connectivity index (χ4n) is 2.39. The van der Waals surface area contributed by atoms with Crippen molar-refractivity contribution in [2.24, 2.45) is 0 Å². The van der Waals surface area contributed by atoms with Crippen LogP contribution in [-0.2, 0) is 4.74 Å². The van der Waals surface area contributed by atoms with Gasteiger partial charge in [-0.05, 0) is 61.0 Å². The molecule has 0 radical (unpaired) electrons. The van der Waals surface area contributed by atoms with Crippen molar-refractivity contribution in [3.05, 3.63) is 22.4 Å². The van der Waals surface area contributed by atoms with E-state index in [9.17, 15) is 0 Å². The summed E-state index contributed by atoms with van der Waals surface area (Å²) in [6.07, 6.45) is 6.56. The van der Waals surface area contributed by atoms with E-state index in [0.29, 0.717) is 12.1 Å². The maximum atomic E-state index is 5.85. The van der Waals surface area contributed by atoms with Crippen LogP contribution in [0, 0.1) is 0 Å². The van der Waals surface area contributed by atoms with Crippen molar-refractivity contribution < 1.29 is 4.74 Å².